The standard InChI is InChI=1S/C22H28N4O2/c1-16-7-6-8-17(13-16)20(25(2)3)14-23-22(28)11-12-26-19-10-5-4-9-18(19)24-21(26)15-27/h4-10,13,20,27H,11-12,14-15H2,1-3H3,(H,23,28)/t20-/m0/s1. The molecule has 6 nitrogen and oxygen atoms in total. The molecule has 0 bridgehead atoms. The van der Waals surface area contributed by atoms with Crippen LogP contribution in [0.25, 0.3) is 11.0 Å². The Morgan fingerprint density at radius 3 is 2.71 bits per heavy atom. The summed E-state index contributed by atoms with van der Waals surface area (Å²) in [6.45, 7) is 2.96. The Balaban J connectivity index is 1.63. The van der Waals surface area contributed by atoms with Gasteiger partial charge >= 0.3 is 0 Å². The number of benzene rings is 2. The zero-order chi connectivity index (χ0) is 20.1. The second-order valence-electron chi connectivity index (χ2n) is 7.27. The maximum Gasteiger partial charge on any atom is 0.221 e. The van der Waals surface area contributed by atoms with Crippen molar-refractivity contribution in [2.75, 3.05) is 20.6 Å². The molecule has 0 aliphatic carbocycles. The highest BCUT2D eigenvalue weighted by Crippen LogP contribution is 2.19. The van der Waals surface area contributed by atoms with E-state index in [1.807, 2.05) is 49.0 Å². The average Bonchev–Trinajstić information content (AvgIpc) is 3.04. The summed E-state index contributed by atoms with van der Waals surface area (Å²) in [6, 6.07) is 16.2. The zero-order valence-electron chi connectivity index (χ0n) is 16.7. The van der Waals surface area contributed by atoms with E-state index in [1.165, 1.54) is 11.1 Å². The van der Waals surface area contributed by atoms with Crippen molar-refractivity contribution < 1.29 is 9.90 Å². The lowest BCUT2D eigenvalue weighted by Gasteiger charge is -2.25. The van der Waals surface area contributed by atoms with Gasteiger partial charge in [-0.25, -0.2) is 4.98 Å². The molecule has 3 aromatic rings. The number of aromatic nitrogens is 2. The molecule has 0 aliphatic heterocycles. The van der Waals surface area contributed by atoms with E-state index in [1.54, 1.807) is 0 Å². The van der Waals surface area contributed by atoms with Crippen molar-refractivity contribution in [3.63, 3.8) is 0 Å². The molecule has 148 valence electrons. The number of carbonyl (C=O) groups is 1. The fourth-order valence-electron chi connectivity index (χ4n) is 3.48. The molecule has 0 saturated carbocycles. The Kier molecular flexibility index (Phi) is 6.44. The Labute approximate surface area is 165 Å². The summed E-state index contributed by atoms with van der Waals surface area (Å²) in [5, 5.41) is 12.6. The van der Waals surface area contributed by atoms with Crippen LogP contribution in [0, 0.1) is 6.92 Å². The minimum absolute atomic E-state index is 0.0128. The third-order valence-corrected chi connectivity index (χ3v) is 4.98. The molecule has 1 aromatic heterocycles. The summed E-state index contributed by atoms with van der Waals surface area (Å²) in [5.41, 5.74) is 4.16. The van der Waals surface area contributed by atoms with Gasteiger partial charge in [-0.05, 0) is 38.7 Å². The largest absolute Gasteiger partial charge is 0.388 e. The monoisotopic (exact) mass is 380 g/mol. The van der Waals surface area contributed by atoms with Crippen LogP contribution in [0.2, 0.25) is 0 Å². The molecule has 0 fully saturated rings. The number of carbonyl (C=O) groups excluding carboxylic acids is 1. The SMILES string of the molecule is Cc1cccc([C@H](CNC(=O)CCn2c(CO)nc3ccccc32)N(C)C)c1. The molecule has 0 saturated heterocycles. The number of imidazole rings is 1. The number of aliphatic hydroxyl groups excluding tert-OH is 1. The molecule has 0 spiro atoms. The van der Waals surface area contributed by atoms with Gasteiger partial charge in [-0.15, -0.1) is 0 Å². The summed E-state index contributed by atoms with van der Waals surface area (Å²) in [4.78, 5) is 19.0. The summed E-state index contributed by atoms with van der Waals surface area (Å²) >= 11 is 0. The van der Waals surface area contributed by atoms with E-state index in [4.69, 9.17) is 0 Å². The molecule has 1 heterocycles. The van der Waals surface area contributed by atoms with Gasteiger partial charge in [0.25, 0.3) is 0 Å². The maximum absolute atomic E-state index is 12.5. The van der Waals surface area contributed by atoms with Crippen LogP contribution < -0.4 is 5.32 Å². The summed E-state index contributed by atoms with van der Waals surface area (Å²) < 4.78 is 1.92. The minimum atomic E-state index is -0.146. The smallest absolute Gasteiger partial charge is 0.221 e. The van der Waals surface area contributed by atoms with Crippen LogP contribution in [0.4, 0.5) is 0 Å². The van der Waals surface area contributed by atoms with E-state index in [-0.39, 0.29) is 18.6 Å². The average molecular weight is 380 g/mol. The number of likely N-dealkylation sites (N-methyl/N-ethyl adjacent to an activating group) is 1. The second kappa shape index (κ2) is 8.99. The second-order valence-corrected chi connectivity index (χ2v) is 7.27. The van der Waals surface area contributed by atoms with Crippen molar-refractivity contribution in [2.24, 2.45) is 0 Å². The molecule has 2 aromatic carbocycles. The van der Waals surface area contributed by atoms with E-state index >= 15 is 0 Å². The van der Waals surface area contributed by atoms with Crippen molar-refractivity contribution >= 4 is 16.9 Å². The summed E-state index contributed by atoms with van der Waals surface area (Å²) in [7, 11) is 4.04. The molecule has 6 heteroatoms. The number of nitrogens with one attached hydrogen (secondary N) is 1. The molecule has 3 rings (SSSR count). The minimum Gasteiger partial charge on any atom is -0.388 e. The lowest BCUT2D eigenvalue weighted by atomic mass is 10.0. The predicted octanol–water partition coefficient (Wildman–Crippen LogP) is 2.65. The fraction of sp³-hybridized carbons (Fsp3) is 0.364. The van der Waals surface area contributed by atoms with Crippen LogP contribution in [-0.2, 0) is 17.9 Å². The number of para-hydroxylation sites is 2. The van der Waals surface area contributed by atoms with Crippen LogP contribution in [0.1, 0.15) is 29.4 Å². The molecule has 1 atom stereocenters. The van der Waals surface area contributed by atoms with Gasteiger partial charge in [-0.2, -0.15) is 0 Å². The van der Waals surface area contributed by atoms with Gasteiger partial charge in [0.05, 0.1) is 17.1 Å². The highest BCUT2D eigenvalue weighted by Gasteiger charge is 2.16. The third-order valence-electron chi connectivity index (χ3n) is 4.98. The topological polar surface area (TPSA) is 70.4 Å². The molecule has 2 N–H and O–H groups in total. The van der Waals surface area contributed by atoms with Crippen LogP contribution in [0.15, 0.2) is 48.5 Å². The van der Waals surface area contributed by atoms with Crippen molar-refractivity contribution in [1.29, 1.82) is 0 Å². The number of aryl methyl sites for hydroxylation is 2. The van der Waals surface area contributed by atoms with E-state index < -0.39 is 0 Å². The number of nitrogens with zero attached hydrogens (tertiary/aromatic N) is 3. The molecule has 28 heavy (non-hydrogen) atoms. The zero-order valence-corrected chi connectivity index (χ0v) is 16.7. The van der Waals surface area contributed by atoms with Gasteiger partial charge in [0.2, 0.25) is 5.91 Å². The fourth-order valence-corrected chi connectivity index (χ4v) is 3.48. The Bertz CT molecular complexity index is 949. The molecule has 1 amide bonds. The number of hydrogen-bond acceptors (Lipinski definition) is 4. The predicted molar refractivity (Wildman–Crippen MR) is 111 cm³/mol. The first kappa shape index (κ1) is 20.0. The molecular formula is C22H28N4O2. The van der Waals surface area contributed by atoms with Crippen molar-refractivity contribution in [3.05, 3.63) is 65.5 Å². The Morgan fingerprint density at radius 2 is 2.00 bits per heavy atom. The quantitative estimate of drug-likeness (QED) is 0.630. The van der Waals surface area contributed by atoms with E-state index in [9.17, 15) is 9.90 Å². The van der Waals surface area contributed by atoms with Crippen LogP contribution in [0.3, 0.4) is 0 Å². The number of hydrogen-bond donors (Lipinski definition) is 2. The van der Waals surface area contributed by atoms with Gasteiger partial charge in [0.1, 0.15) is 12.4 Å². The first-order valence-electron chi connectivity index (χ1n) is 9.54. The van der Waals surface area contributed by atoms with Gasteiger partial charge in [0.15, 0.2) is 0 Å². The van der Waals surface area contributed by atoms with E-state index in [2.05, 4.69) is 40.3 Å². The first-order chi connectivity index (χ1) is 13.5. The highest BCUT2D eigenvalue weighted by molar-refractivity contribution is 5.78. The van der Waals surface area contributed by atoms with Crippen molar-refractivity contribution in [1.82, 2.24) is 19.8 Å². The summed E-state index contributed by atoms with van der Waals surface area (Å²) in [5.74, 6) is 0.570. The Hall–Kier alpha value is -2.70. The van der Waals surface area contributed by atoms with Crippen molar-refractivity contribution in [2.45, 2.75) is 32.5 Å². The van der Waals surface area contributed by atoms with Gasteiger partial charge in [0, 0.05) is 19.5 Å². The lowest BCUT2D eigenvalue weighted by molar-refractivity contribution is -0.121. The third kappa shape index (κ3) is 4.58. The van der Waals surface area contributed by atoms with Gasteiger partial charge in [-0.1, -0.05) is 42.0 Å². The number of fused-ring (bicyclic) bond motifs is 1. The van der Waals surface area contributed by atoms with E-state index in [0.717, 1.165) is 11.0 Å². The maximum atomic E-state index is 12.5. The van der Waals surface area contributed by atoms with Gasteiger partial charge in [-0.3, -0.25) is 4.79 Å². The van der Waals surface area contributed by atoms with E-state index in [0.29, 0.717) is 25.3 Å². The molecular weight excluding hydrogens is 352 g/mol. The number of aliphatic hydroxyl groups is 1. The lowest BCUT2D eigenvalue weighted by Crippen LogP contribution is -2.35. The molecule has 0 aliphatic rings. The normalized spacial score (nSPS) is 12.5. The van der Waals surface area contributed by atoms with Crippen LogP contribution in [0.5, 0.6) is 0 Å². The highest BCUT2D eigenvalue weighted by atomic mass is 16.3. The van der Waals surface area contributed by atoms with Crippen LogP contribution in [-0.4, -0.2) is 46.1 Å². The Morgan fingerprint density at radius 1 is 1.21 bits per heavy atom. The number of rotatable bonds is 8. The molecule has 0 radical (unpaired) electrons. The van der Waals surface area contributed by atoms with Crippen molar-refractivity contribution in [3.8, 4) is 0 Å². The van der Waals surface area contributed by atoms with Gasteiger partial charge < -0.3 is 19.9 Å². The number of amides is 1. The summed E-state index contributed by atoms with van der Waals surface area (Å²) in [6.07, 6.45) is 0.335. The molecule has 0 unspecified atom stereocenters. The van der Waals surface area contributed by atoms with Crippen LogP contribution >= 0.6 is 0 Å². The first-order valence-corrected chi connectivity index (χ1v) is 9.54.